The van der Waals surface area contributed by atoms with Crippen molar-refractivity contribution in [2.24, 2.45) is 0 Å². The Morgan fingerprint density at radius 3 is 2.93 bits per heavy atom. The zero-order chi connectivity index (χ0) is 10.3. The minimum absolute atomic E-state index is 0.850. The van der Waals surface area contributed by atoms with E-state index in [-0.39, 0.29) is 0 Å². The molecule has 4 heteroatoms. The Kier molecular flexibility index (Phi) is 2.02. The van der Waals surface area contributed by atoms with Crippen molar-refractivity contribution >= 4 is 33.5 Å². The van der Waals surface area contributed by atoms with Gasteiger partial charge in [0.1, 0.15) is 15.0 Å². The number of furan rings is 1. The molecule has 2 aromatic heterocycles. The van der Waals surface area contributed by atoms with Gasteiger partial charge in [-0.2, -0.15) is 5.10 Å². The lowest BCUT2D eigenvalue weighted by molar-refractivity contribution is 0.583. The summed E-state index contributed by atoms with van der Waals surface area (Å²) < 4.78 is 6.43. The first-order valence-electron chi connectivity index (χ1n) is 4.53. The minimum atomic E-state index is 0.850. The van der Waals surface area contributed by atoms with Crippen molar-refractivity contribution in [2.75, 3.05) is 0 Å². The highest BCUT2D eigenvalue weighted by molar-refractivity contribution is 14.1. The smallest absolute Gasteiger partial charge is 0.136 e. The van der Waals surface area contributed by atoms with Crippen LogP contribution in [0.15, 0.2) is 41.0 Å². The molecule has 0 saturated heterocycles. The predicted octanol–water partition coefficient (Wildman–Crippen LogP) is 3.43. The number of fused-ring (bicyclic) bond motifs is 1. The SMILES string of the molecule is Ic1[nH]nc2c(-c3ccco3)cccc12. The van der Waals surface area contributed by atoms with Crippen LogP contribution in [-0.2, 0) is 0 Å². The first-order valence-corrected chi connectivity index (χ1v) is 5.60. The number of halogens is 1. The van der Waals surface area contributed by atoms with Gasteiger partial charge in [-0.15, -0.1) is 0 Å². The number of aromatic amines is 1. The average molecular weight is 310 g/mol. The third kappa shape index (κ3) is 1.36. The highest BCUT2D eigenvalue weighted by Gasteiger charge is 2.10. The number of para-hydroxylation sites is 1. The molecule has 0 radical (unpaired) electrons. The fourth-order valence-electron chi connectivity index (χ4n) is 1.64. The van der Waals surface area contributed by atoms with Crippen LogP contribution >= 0.6 is 22.6 Å². The maximum Gasteiger partial charge on any atom is 0.136 e. The molecule has 0 saturated carbocycles. The molecule has 2 heterocycles. The monoisotopic (exact) mass is 310 g/mol. The Morgan fingerprint density at radius 1 is 1.20 bits per heavy atom. The number of nitrogens with one attached hydrogen (secondary N) is 1. The first-order chi connectivity index (χ1) is 7.36. The molecular formula is C11H7IN2O. The minimum Gasteiger partial charge on any atom is -0.464 e. The van der Waals surface area contributed by atoms with E-state index in [2.05, 4.69) is 32.8 Å². The molecule has 0 aliphatic heterocycles. The fraction of sp³-hybridized carbons (Fsp3) is 0. The van der Waals surface area contributed by atoms with Gasteiger partial charge in [-0.25, -0.2) is 0 Å². The van der Waals surface area contributed by atoms with E-state index in [0.29, 0.717) is 0 Å². The molecule has 0 aliphatic rings. The van der Waals surface area contributed by atoms with Crippen LogP contribution in [0.2, 0.25) is 0 Å². The Balaban J connectivity index is 2.36. The van der Waals surface area contributed by atoms with Gasteiger partial charge in [-0.05, 0) is 40.8 Å². The molecule has 0 spiro atoms. The Labute approximate surface area is 99.6 Å². The van der Waals surface area contributed by atoms with Gasteiger partial charge >= 0.3 is 0 Å². The second-order valence-electron chi connectivity index (χ2n) is 3.22. The van der Waals surface area contributed by atoms with Crippen molar-refractivity contribution in [2.45, 2.75) is 0 Å². The topological polar surface area (TPSA) is 41.8 Å². The standard InChI is InChI=1S/C11H7IN2O/c12-11-8-4-1-3-7(10(8)13-14-11)9-5-2-6-15-9/h1-6H,(H,13,14). The summed E-state index contributed by atoms with van der Waals surface area (Å²) in [6.07, 6.45) is 1.67. The van der Waals surface area contributed by atoms with E-state index in [1.807, 2.05) is 30.3 Å². The lowest BCUT2D eigenvalue weighted by Crippen LogP contribution is -1.77. The van der Waals surface area contributed by atoms with Crippen molar-refractivity contribution < 1.29 is 4.42 Å². The van der Waals surface area contributed by atoms with E-state index in [1.54, 1.807) is 6.26 Å². The van der Waals surface area contributed by atoms with E-state index >= 15 is 0 Å². The van der Waals surface area contributed by atoms with Crippen LogP contribution in [0, 0.1) is 3.70 Å². The van der Waals surface area contributed by atoms with Gasteiger partial charge in [-0.3, -0.25) is 5.10 Å². The second kappa shape index (κ2) is 3.37. The van der Waals surface area contributed by atoms with E-state index in [9.17, 15) is 0 Å². The molecule has 74 valence electrons. The van der Waals surface area contributed by atoms with Gasteiger partial charge in [0, 0.05) is 10.9 Å². The van der Waals surface area contributed by atoms with Gasteiger partial charge in [0.15, 0.2) is 0 Å². The molecule has 1 aromatic carbocycles. The third-order valence-electron chi connectivity index (χ3n) is 2.32. The Bertz CT molecular complexity index is 598. The summed E-state index contributed by atoms with van der Waals surface area (Å²) in [5, 5.41) is 8.38. The van der Waals surface area contributed by atoms with Crippen LogP contribution in [0.3, 0.4) is 0 Å². The van der Waals surface area contributed by atoms with Crippen LogP contribution in [-0.4, -0.2) is 10.2 Å². The summed E-state index contributed by atoms with van der Waals surface area (Å²) in [4.78, 5) is 0. The number of benzene rings is 1. The van der Waals surface area contributed by atoms with Crippen LogP contribution < -0.4 is 0 Å². The van der Waals surface area contributed by atoms with E-state index in [1.165, 1.54) is 0 Å². The van der Waals surface area contributed by atoms with Gasteiger partial charge in [0.2, 0.25) is 0 Å². The molecule has 0 bridgehead atoms. The van der Waals surface area contributed by atoms with Crippen LogP contribution in [0.4, 0.5) is 0 Å². The second-order valence-corrected chi connectivity index (χ2v) is 4.30. The number of nitrogens with zero attached hydrogens (tertiary/aromatic N) is 1. The molecule has 0 fully saturated rings. The predicted molar refractivity (Wildman–Crippen MR) is 66.5 cm³/mol. The largest absolute Gasteiger partial charge is 0.464 e. The lowest BCUT2D eigenvalue weighted by Gasteiger charge is -1.97. The highest BCUT2D eigenvalue weighted by Crippen LogP contribution is 2.29. The van der Waals surface area contributed by atoms with Crippen molar-refractivity contribution in [3.63, 3.8) is 0 Å². The number of H-pyrrole nitrogens is 1. The molecule has 0 atom stereocenters. The summed E-state index contributed by atoms with van der Waals surface area (Å²) in [6, 6.07) is 9.89. The zero-order valence-electron chi connectivity index (χ0n) is 7.70. The van der Waals surface area contributed by atoms with Crippen LogP contribution in [0.1, 0.15) is 0 Å². The summed E-state index contributed by atoms with van der Waals surface area (Å²) in [7, 11) is 0. The van der Waals surface area contributed by atoms with E-state index in [4.69, 9.17) is 4.42 Å². The van der Waals surface area contributed by atoms with E-state index < -0.39 is 0 Å². The molecule has 0 unspecified atom stereocenters. The lowest BCUT2D eigenvalue weighted by atomic mass is 10.1. The molecular weight excluding hydrogens is 303 g/mol. The molecule has 15 heavy (non-hydrogen) atoms. The molecule has 0 aliphatic carbocycles. The Hall–Kier alpha value is -1.30. The summed E-state index contributed by atoms with van der Waals surface area (Å²) in [5.41, 5.74) is 1.98. The fourth-order valence-corrected chi connectivity index (χ4v) is 2.19. The van der Waals surface area contributed by atoms with Crippen molar-refractivity contribution in [1.29, 1.82) is 0 Å². The number of hydrogen-bond donors (Lipinski definition) is 1. The number of aromatic nitrogens is 2. The van der Waals surface area contributed by atoms with Gasteiger partial charge in [0.05, 0.1) is 6.26 Å². The maximum atomic E-state index is 5.38. The number of hydrogen-bond acceptors (Lipinski definition) is 2. The molecule has 3 nitrogen and oxygen atoms in total. The molecule has 1 N–H and O–H groups in total. The van der Waals surface area contributed by atoms with Gasteiger partial charge in [-0.1, -0.05) is 12.1 Å². The van der Waals surface area contributed by atoms with Gasteiger partial charge in [0.25, 0.3) is 0 Å². The first kappa shape index (κ1) is 8.96. The number of rotatable bonds is 1. The summed E-state index contributed by atoms with van der Waals surface area (Å²) in [5.74, 6) is 0.850. The molecule has 3 aromatic rings. The normalized spacial score (nSPS) is 11.0. The van der Waals surface area contributed by atoms with Crippen LogP contribution in [0.5, 0.6) is 0 Å². The summed E-state index contributed by atoms with van der Waals surface area (Å²) in [6.45, 7) is 0. The Morgan fingerprint density at radius 2 is 2.13 bits per heavy atom. The highest BCUT2D eigenvalue weighted by atomic mass is 127. The zero-order valence-corrected chi connectivity index (χ0v) is 9.86. The van der Waals surface area contributed by atoms with E-state index in [0.717, 1.165) is 25.9 Å². The van der Waals surface area contributed by atoms with Gasteiger partial charge < -0.3 is 4.42 Å². The third-order valence-corrected chi connectivity index (χ3v) is 3.15. The van der Waals surface area contributed by atoms with Crippen molar-refractivity contribution in [1.82, 2.24) is 10.2 Å². The van der Waals surface area contributed by atoms with Crippen LogP contribution in [0.25, 0.3) is 22.2 Å². The molecule has 0 amide bonds. The van der Waals surface area contributed by atoms with Crippen molar-refractivity contribution in [3.8, 4) is 11.3 Å². The van der Waals surface area contributed by atoms with Crippen molar-refractivity contribution in [3.05, 3.63) is 40.3 Å². The maximum absolute atomic E-state index is 5.38. The molecule has 3 rings (SSSR count). The average Bonchev–Trinajstić information content (AvgIpc) is 2.88. The summed E-state index contributed by atoms with van der Waals surface area (Å²) >= 11 is 2.24. The quantitative estimate of drug-likeness (QED) is 0.700.